The predicted molar refractivity (Wildman–Crippen MR) is 71.1 cm³/mol. The standard InChI is InChI=1S/C13H20ClN3O/c14-13-12(18-11-3-1-2-4-11)8-16-17(13)9-10-5-6-15-7-10/h8,10-11,15H,1-7,9H2. The molecule has 18 heavy (non-hydrogen) atoms. The molecular weight excluding hydrogens is 250 g/mol. The summed E-state index contributed by atoms with van der Waals surface area (Å²) < 4.78 is 7.80. The Hall–Kier alpha value is -0.740. The van der Waals surface area contributed by atoms with Crippen LogP contribution in [0.15, 0.2) is 6.20 Å². The van der Waals surface area contributed by atoms with E-state index in [1.165, 1.54) is 19.3 Å². The molecular formula is C13H20ClN3O. The van der Waals surface area contributed by atoms with Crippen LogP contribution in [-0.4, -0.2) is 29.0 Å². The lowest BCUT2D eigenvalue weighted by atomic mass is 10.1. The van der Waals surface area contributed by atoms with E-state index in [0.29, 0.717) is 17.2 Å². The number of aromatic nitrogens is 2. The van der Waals surface area contributed by atoms with Crippen molar-refractivity contribution in [2.24, 2.45) is 5.92 Å². The van der Waals surface area contributed by atoms with Crippen LogP contribution >= 0.6 is 11.6 Å². The van der Waals surface area contributed by atoms with Gasteiger partial charge in [0.1, 0.15) is 0 Å². The Bertz CT molecular complexity index is 359. The van der Waals surface area contributed by atoms with Crippen LogP contribution in [0.1, 0.15) is 32.1 Å². The van der Waals surface area contributed by atoms with Gasteiger partial charge in [0.15, 0.2) is 10.9 Å². The summed E-state index contributed by atoms with van der Waals surface area (Å²) in [5, 5.41) is 8.38. The van der Waals surface area contributed by atoms with E-state index in [-0.39, 0.29) is 0 Å². The quantitative estimate of drug-likeness (QED) is 0.913. The molecule has 1 aliphatic heterocycles. The van der Waals surface area contributed by atoms with E-state index in [4.69, 9.17) is 16.3 Å². The Balaban J connectivity index is 1.63. The Morgan fingerprint density at radius 2 is 2.22 bits per heavy atom. The summed E-state index contributed by atoms with van der Waals surface area (Å²) in [6.07, 6.45) is 8.14. The van der Waals surface area contributed by atoms with E-state index in [0.717, 1.165) is 38.2 Å². The molecule has 5 heteroatoms. The molecule has 1 aliphatic carbocycles. The molecule has 2 fully saturated rings. The minimum atomic E-state index is 0.341. The molecule has 0 aromatic carbocycles. The lowest BCUT2D eigenvalue weighted by molar-refractivity contribution is 0.210. The smallest absolute Gasteiger partial charge is 0.176 e. The molecule has 3 rings (SSSR count). The highest BCUT2D eigenvalue weighted by Crippen LogP contribution is 2.30. The third kappa shape index (κ3) is 2.64. The van der Waals surface area contributed by atoms with Crippen molar-refractivity contribution in [3.05, 3.63) is 11.3 Å². The van der Waals surface area contributed by atoms with Crippen LogP contribution in [0, 0.1) is 5.92 Å². The summed E-state index contributed by atoms with van der Waals surface area (Å²) in [5.74, 6) is 1.40. The maximum absolute atomic E-state index is 6.34. The van der Waals surface area contributed by atoms with E-state index >= 15 is 0 Å². The van der Waals surface area contributed by atoms with Crippen molar-refractivity contribution in [1.29, 1.82) is 0 Å². The minimum Gasteiger partial charge on any atom is -0.486 e. The van der Waals surface area contributed by atoms with Gasteiger partial charge in [0.2, 0.25) is 0 Å². The number of rotatable bonds is 4. The van der Waals surface area contributed by atoms with Gasteiger partial charge in [0.05, 0.1) is 12.3 Å². The second-order valence-corrected chi connectivity index (χ2v) is 5.72. The third-order valence-corrected chi connectivity index (χ3v) is 4.32. The van der Waals surface area contributed by atoms with Crippen LogP contribution in [0.25, 0.3) is 0 Å². The van der Waals surface area contributed by atoms with Gasteiger partial charge in [-0.2, -0.15) is 5.10 Å². The maximum Gasteiger partial charge on any atom is 0.176 e. The fourth-order valence-electron chi connectivity index (χ4n) is 2.86. The largest absolute Gasteiger partial charge is 0.486 e. The van der Waals surface area contributed by atoms with Gasteiger partial charge in [-0.15, -0.1) is 0 Å². The van der Waals surface area contributed by atoms with Crippen LogP contribution in [0.2, 0.25) is 5.15 Å². The molecule has 2 aliphatic rings. The van der Waals surface area contributed by atoms with Crippen molar-refractivity contribution in [1.82, 2.24) is 15.1 Å². The van der Waals surface area contributed by atoms with Crippen molar-refractivity contribution in [3.63, 3.8) is 0 Å². The molecule has 1 atom stereocenters. The van der Waals surface area contributed by atoms with E-state index in [9.17, 15) is 0 Å². The molecule has 0 bridgehead atoms. The SMILES string of the molecule is Clc1c(OC2CCCC2)cnn1CC1CCNC1. The van der Waals surface area contributed by atoms with Crippen LogP contribution < -0.4 is 10.1 Å². The molecule has 1 aromatic heterocycles. The van der Waals surface area contributed by atoms with Crippen molar-refractivity contribution in [3.8, 4) is 5.75 Å². The Morgan fingerprint density at radius 3 is 2.94 bits per heavy atom. The summed E-state index contributed by atoms with van der Waals surface area (Å²) in [7, 11) is 0. The summed E-state index contributed by atoms with van der Waals surface area (Å²) in [6, 6.07) is 0. The predicted octanol–water partition coefficient (Wildman–Crippen LogP) is 2.47. The molecule has 1 aromatic rings. The maximum atomic E-state index is 6.34. The molecule has 100 valence electrons. The zero-order chi connectivity index (χ0) is 12.4. The average Bonchev–Trinajstić information content (AvgIpc) is 3.08. The molecule has 1 saturated carbocycles. The molecule has 1 saturated heterocycles. The Labute approximate surface area is 113 Å². The van der Waals surface area contributed by atoms with Crippen molar-refractivity contribution < 1.29 is 4.74 Å². The van der Waals surface area contributed by atoms with E-state index in [2.05, 4.69) is 10.4 Å². The highest BCUT2D eigenvalue weighted by Gasteiger charge is 2.21. The first-order valence-corrected chi connectivity index (χ1v) is 7.29. The molecule has 4 nitrogen and oxygen atoms in total. The van der Waals surface area contributed by atoms with E-state index in [1.807, 2.05) is 4.68 Å². The van der Waals surface area contributed by atoms with Crippen LogP contribution in [0.4, 0.5) is 0 Å². The number of hydrogen-bond donors (Lipinski definition) is 1. The second-order valence-electron chi connectivity index (χ2n) is 5.36. The molecule has 0 spiro atoms. The fourth-order valence-corrected chi connectivity index (χ4v) is 3.07. The van der Waals surface area contributed by atoms with E-state index in [1.54, 1.807) is 6.20 Å². The first-order valence-electron chi connectivity index (χ1n) is 6.91. The van der Waals surface area contributed by atoms with Crippen LogP contribution in [0.3, 0.4) is 0 Å². The number of ether oxygens (including phenoxy) is 1. The average molecular weight is 270 g/mol. The van der Waals surface area contributed by atoms with Gasteiger partial charge in [-0.1, -0.05) is 11.6 Å². The monoisotopic (exact) mass is 269 g/mol. The molecule has 0 amide bonds. The number of halogens is 1. The van der Waals surface area contributed by atoms with Gasteiger partial charge < -0.3 is 10.1 Å². The Morgan fingerprint density at radius 1 is 1.39 bits per heavy atom. The van der Waals surface area contributed by atoms with Gasteiger partial charge >= 0.3 is 0 Å². The zero-order valence-electron chi connectivity index (χ0n) is 10.6. The molecule has 0 radical (unpaired) electrons. The summed E-state index contributed by atoms with van der Waals surface area (Å²) in [4.78, 5) is 0. The summed E-state index contributed by atoms with van der Waals surface area (Å²) in [6.45, 7) is 3.06. The normalized spacial score (nSPS) is 24.8. The summed E-state index contributed by atoms with van der Waals surface area (Å²) in [5.41, 5.74) is 0. The zero-order valence-corrected chi connectivity index (χ0v) is 11.3. The van der Waals surface area contributed by atoms with Crippen LogP contribution in [-0.2, 0) is 6.54 Å². The minimum absolute atomic E-state index is 0.341. The first-order chi connectivity index (χ1) is 8.83. The van der Waals surface area contributed by atoms with Crippen LogP contribution in [0.5, 0.6) is 5.75 Å². The highest BCUT2D eigenvalue weighted by atomic mass is 35.5. The van der Waals surface area contributed by atoms with Crippen molar-refractivity contribution in [2.45, 2.75) is 44.8 Å². The van der Waals surface area contributed by atoms with Gasteiger partial charge in [-0.25, -0.2) is 0 Å². The van der Waals surface area contributed by atoms with Gasteiger partial charge in [-0.3, -0.25) is 4.68 Å². The van der Waals surface area contributed by atoms with Gasteiger partial charge in [-0.05, 0) is 51.1 Å². The highest BCUT2D eigenvalue weighted by molar-refractivity contribution is 6.31. The number of nitrogens with one attached hydrogen (secondary N) is 1. The summed E-state index contributed by atoms with van der Waals surface area (Å²) >= 11 is 6.34. The number of nitrogens with zero attached hydrogens (tertiary/aromatic N) is 2. The molecule has 1 N–H and O–H groups in total. The molecule has 1 unspecified atom stereocenters. The lowest BCUT2D eigenvalue weighted by Crippen LogP contribution is -2.15. The lowest BCUT2D eigenvalue weighted by Gasteiger charge is -2.12. The van der Waals surface area contributed by atoms with Gasteiger partial charge in [0.25, 0.3) is 0 Å². The van der Waals surface area contributed by atoms with E-state index < -0.39 is 0 Å². The molecule has 2 heterocycles. The first kappa shape index (κ1) is 12.3. The topological polar surface area (TPSA) is 39.1 Å². The number of hydrogen-bond acceptors (Lipinski definition) is 3. The second kappa shape index (κ2) is 5.49. The fraction of sp³-hybridized carbons (Fsp3) is 0.769. The third-order valence-electron chi connectivity index (χ3n) is 3.93. The van der Waals surface area contributed by atoms with Crippen molar-refractivity contribution >= 4 is 11.6 Å². The van der Waals surface area contributed by atoms with Crippen molar-refractivity contribution in [2.75, 3.05) is 13.1 Å². The van der Waals surface area contributed by atoms with Gasteiger partial charge in [0, 0.05) is 6.54 Å². The Kier molecular flexibility index (Phi) is 3.75.